The summed E-state index contributed by atoms with van der Waals surface area (Å²) >= 11 is 0. The minimum Gasteiger partial charge on any atom is -0.489 e. The highest BCUT2D eigenvalue weighted by Crippen LogP contribution is 2.14. The van der Waals surface area contributed by atoms with E-state index in [0.717, 1.165) is 16.9 Å². The lowest BCUT2D eigenvalue weighted by Crippen LogP contribution is -2.38. The number of carbonyl (C=O) groups excluding carboxylic acids is 1. The van der Waals surface area contributed by atoms with Crippen LogP contribution in [0.25, 0.3) is 0 Å². The number of nitrogens with zero attached hydrogens (tertiary/aromatic N) is 3. The Kier molecular flexibility index (Phi) is 7.87. The molecule has 0 spiro atoms. The first kappa shape index (κ1) is 23.4. The Balaban J connectivity index is 1.24. The number of anilines is 1. The Morgan fingerprint density at radius 3 is 2.68 bits per heavy atom. The standard InChI is InChI=1S/C25H29N5O4/c1-18-22(24(32)29-25(28-18)30-11-13-33-14-12-30)8-9-23(31)27-16-19-4-6-21(7-5-19)34-17-20-3-2-10-26-15-20/h2-7,10,15H,8-9,11-14,16-17H2,1H3,(H,27,31)(H,28,29,32). The lowest BCUT2D eigenvalue weighted by molar-refractivity contribution is -0.121. The molecule has 1 aliphatic heterocycles. The fourth-order valence-electron chi connectivity index (χ4n) is 3.70. The van der Waals surface area contributed by atoms with Gasteiger partial charge in [-0.2, -0.15) is 0 Å². The molecule has 3 aromatic rings. The highest BCUT2D eigenvalue weighted by atomic mass is 16.5. The largest absolute Gasteiger partial charge is 0.489 e. The first-order valence-corrected chi connectivity index (χ1v) is 11.4. The number of H-pyrrole nitrogens is 1. The number of carbonyl (C=O) groups is 1. The number of aryl methyl sites for hydroxylation is 1. The molecule has 3 heterocycles. The Morgan fingerprint density at radius 2 is 1.97 bits per heavy atom. The van der Waals surface area contributed by atoms with E-state index in [-0.39, 0.29) is 17.9 Å². The molecule has 1 amide bonds. The zero-order valence-corrected chi connectivity index (χ0v) is 19.3. The van der Waals surface area contributed by atoms with Crippen LogP contribution in [0.15, 0.2) is 53.6 Å². The molecule has 34 heavy (non-hydrogen) atoms. The van der Waals surface area contributed by atoms with Crippen molar-refractivity contribution >= 4 is 11.9 Å². The molecule has 1 saturated heterocycles. The summed E-state index contributed by atoms with van der Waals surface area (Å²) in [6.45, 7) is 5.29. The average Bonchev–Trinajstić information content (AvgIpc) is 2.87. The van der Waals surface area contributed by atoms with Gasteiger partial charge < -0.3 is 19.7 Å². The number of rotatable bonds is 9. The highest BCUT2D eigenvalue weighted by molar-refractivity contribution is 5.76. The number of hydrogen-bond donors (Lipinski definition) is 2. The predicted molar refractivity (Wildman–Crippen MR) is 128 cm³/mol. The first-order valence-electron chi connectivity index (χ1n) is 11.4. The monoisotopic (exact) mass is 463 g/mol. The molecule has 178 valence electrons. The molecule has 0 aliphatic carbocycles. The highest BCUT2D eigenvalue weighted by Gasteiger charge is 2.16. The van der Waals surface area contributed by atoms with Crippen LogP contribution in [0.4, 0.5) is 5.95 Å². The SMILES string of the molecule is Cc1nc(N2CCOCC2)[nH]c(=O)c1CCC(=O)NCc1ccc(OCc2cccnc2)cc1. The van der Waals surface area contributed by atoms with Crippen molar-refractivity contribution in [3.8, 4) is 5.75 Å². The summed E-state index contributed by atoms with van der Waals surface area (Å²) in [5.41, 5.74) is 2.97. The van der Waals surface area contributed by atoms with Gasteiger partial charge in [0.05, 0.1) is 13.2 Å². The third kappa shape index (κ3) is 6.41. The van der Waals surface area contributed by atoms with E-state index < -0.39 is 0 Å². The van der Waals surface area contributed by atoms with Gasteiger partial charge >= 0.3 is 0 Å². The number of pyridine rings is 1. The lowest BCUT2D eigenvalue weighted by atomic mass is 10.1. The van der Waals surface area contributed by atoms with Gasteiger partial charge in [-0.3, -0.25) is 19.6 Å². The Bertz CT molecular complexity index is 1140. The third-order valence-electron chi connectivity index (χ3n) is 5.66. The van der Waals surface area contributed by atoms with E-state index >= 15 is 0 Å². The fourth-order valence-corrected chi connectivity index (χ4v) is 3.70. The number of morpholine rings is 1. The van der Waals surface area contributed by atoms with Crippen LogP contribution in [0.1, 0.15) is 28.8 Å². The van der Waals surface area contributed by atoms with Crippen LogP contribution < -0.4 is 20.5 Å². The maximum absolute atomic E-state index is 12.6. The molecule has 0 radical (unpaired) electrons. The molecule has 0 unspecified atom stereocenters. The van der Waals surface area contributed by atoms with E-state index in [0.29, 0.717) is 63.1 Å². The maximum atomic E-state index is 12.6. The molecular formula is C25H29N5O4. The number of amides is 1. The molecule has 0 saturated carbocycles. The van der Waals surface area contributed by atoms with Crippen LogP contribution in [0.2, 0.25) is 0 Å². The van der Waals surface area contributed by atoms with Gasteiger partial charge in [-0.1, -0.05) is 18.2 Å². The normalized spacial score (nSPS) is 13.5. The summed E-state index contributed by atoms with van der Waals surface area (Å²) in [6.07, 6.45) is 4.05. The van der Waals surface area contributed by atoms with Crippen molar-refractivity contribution < 1.29 is 14.3 Å². The molecule has 1 aliphatic rings. The van der Waals surface area contributed by atoms with Crippen molar-refractivity contribution in [3.63, 3.8) is 0 Å². The smallest absolute Gasteiger partial charge is 0.255 e. The van der Waals surface area contributed by atoms with Crippen molar-refractivity contribution in [3.05, 3.63) is 81.5 Å². The van der Waals surface area contributed by atoms with E-state index in [1.165, 1.54) is 0 Å². The second kappa shape index (κ2) is 11.4. The average molecular weight is 464 g/mol. The van der Waals surface area contributed by atoms with Crippen LogP contribution in [0, 0.1) is 6.92 Å². The second-order valence-electron chi connectivity index (χ2n) is 8.12. The van der Waals surface area contributed by atoms with Crippen LogP contribution in [-0.4, -0.2) is 47.2 Å². The molecule has 0 bridgehead atoms. The lowest BCUT2D eigenvalue weighted by Gasteiger charge is -2.27. The zero-order valence-electron chi connectivity index (χ0n) is 19.3. The van der Waals surface area contributed by atoms with Gasteiger partial charge in [-0.05, 0) is 37.1 Å². The fraction of sp³-hybridized carbons (Fsp3) is 0.360. The van der Waals surface area contributed by atoms with Crippen molar-refractivity contribution in [1.82, 2.24) is 20.3 Å². The van der Waals surface area contributed by atoms with Gasteiger partial charge in [0.15, 0.2) is 0 Å². The molecule has 1 fully saturated rings. The minimum atomic E-state index is -0.191. The predicted octanol–water partition coefficient (Wildman–Crippen LogP) is 2.14. The van der Waals surface area contributed by atoms with Crippen LogP contribution in [0.5, 0.6) is 5.75 Å². The number of aromatic nitrogens is 3. The van der Waals surface area contributed by atoms with Gasteiger partial charge in [0, 0.05) is 55.3 Å². The molecule has 4 rings (SSSR count). The van der Waals surface area contributed by atoms with E-state index in [9.17, 15) is 9.59 Å². The summed E-state index contributed by atoms with van der Waals surface area (Å²) in [5, 5.41) is 2.91. The van der Waals surface area contributed by atoms with Gasteiger partial charge in [-0.15, -0.1) is 0 Å². The van der Waals surface area contributed by atoms with Gasteiger partial charge in [0.2, 0.25) is 11.9 Å². The van der Waals surface area contributed by atoms with Crippen molar-refractivity contribution in [2.24, 2.45) is 0 Å². The minimum absolute atomic E-state index is 0.118. The summed E-state index contributed by atoms with van der Waals surface area (Å²) in [6, 6.07) is 11.4. The van der Waals surface area contributed by atoms with Crippen LogP contribution in [-0.2, 0) is 29.1 Å². The van der Waals surface area contributed by atoms with Gasteiger partial charge in [-0.25, -0.2) is 4.98 Å². The van der Waals surface area contributed by atoms with Crippen molar-refractivity contribution in [2.75, 3.05) is 31.2 Å². The number of nitrogens with one attached hydrogen (secondary N) is 2. The quantitative estimate of drug-likeness (QED) is 0.500. The second-order valence-corrected chi connectivity index (χ2v) is 8.12. The van der Waals surface area contributed by atoms with Gasteiger partial charge in [0.25, 0.3) is 5.56 Å². The Labute approximate surface area is 198 Å². The van der Waals surface area contributed by atoms with Crippen LogP contribution in [0.3, 0.4) is 0 Å². The van der Waals surface area contributed by atoms with E-state index in [1.807, 2.05) is 48.2 Å². The van der Waals surface area contributed by atoms with Crippen LogP contribution >= 0.6 is 0 Å². The molecular weight excluding hydrogens is 434 g/mol. The molecule has 0 atom stereocenters. The Hall–Kier alpha value is -3.72. The number of aromatic amines is 1. The van der Waals surface area contributed by atoms with E-state index in [4.69, 9.17) is 9.47 Å². The number of hydrogen-bond acceptors (Lipinski definition) is 7. The number of ether oxygens (including phenoxy) is 2. The number of benzene rings is 1. The third-order valence-corrected chi connectivity index (χ3v) is 5.66. The summed E-state index contributed by atoms with van der Waals surface area (Å²) in [4.78, 5) is 38.4. The summed E-state index contributed by atoms with van der Waals surface area (Å²) < 4.78 is 11.1. The summed E-state index contributed by atoms with van der Waals surface area (Å²) in [7, 11) is 0. The maximum Gasteiger partial charge on any atom is 0.255 e. The van der Waals surface area contributed by atoms with E-state index in [2.05, 4.69) is 20.3 Å². The Morgan fingerprint density at radius 1 is 1.18 bits per heavy atom. The first-order chi connectivity index (χ1) is 16.6. The van der Waals surface area contributed by atoms with Crippen molar-refractivity contribution in [1.29, 1.82) is 0 Å². The molecule has 1 aromatic carbocycles. The summed E-state index contributed by atoms with van der Waals surface area (Å²) in [5.74, 6) is 1.20. The molecule has 9 nitrogen and oxygen atoms in total. The molecule has 9 heteroatoms. The topological polar surface area (TPSA) is 109 Å². The molecule has 2 N–H and O–H groups in total. The molecule has 2 aromatic heterocycles. The zero-order chi connectivity index (χ0) is 23.8. The van der Waals surface area contributed by atoms with Gasteiger partial charge in [0.1, 0.15) is 12.4 Å². The van der Waals surface area contributed by atoms with Crippen molar-refractivity contribution in [2.45, 2.75) is 32.9 Å². The van der Waals surface area contributed by atoms with E-state index in [1.54, 1.807) is 12.4 Å².